The lowest BCUT2D eigenvalue weighted by Crippen LogP contribution is -2.46. The summed E-state index contributed by atoms with van der Waals surface area (Å²) in [5.74, 6) is -2.34. The van der Waals surface area contributed by atoms with Crippen molar-refractivity contribution in [1.82, 2.24) is 20.8 Å². The van der Waals surface area contributed by atoms with E-state index in [1.54, 1.807) is 12.1 Å². The third-order valence-corrected chi connectivity index (χ3v) is 3.19. The lowest BCUT2D eigenvalue weighted by molar-refractivity contribution is -0.129. The Balaban J connectivity index is 1.89. The second kappa shape index (κ2) is 8.06. The van der Waals surface area contributed by atoms with Crippen LogP contribution >= 0.6 is 11.6 Å². The summed E-state index contributed by atoms with van der Waals surface area (Å²) in [4.78, 5) is 43.1. The van der Waals surface area contributed by atoms with Crippen LogP contribution in [0.5, 0.6) is 0 Å². The van der Waals surface area contributed by atoms with E-state index >= 15 is 0 Å². The Hall–Kier alpha value is -3.20. The molecule has 1 unspecified atom stereocenters. The molecule has 2 amide bonds. The summed E-state index contributed by atoms with van der Waals surface area (Å²) >= 11 is 5.78. The molecule has 0 aliphatic heterocycles. The Bertz CT molecular complexity index is 814. The van der Waals surface area contributed by atoms with Crippen LogP contribution in [0.25, 0.3) is 0 Å². The predicted octanol–water partition coefficient (Wildman–Crippen LogP) is 0.719. The molecule has 4 N–H and O–H groups in total. The van der Waals surface area contributed by atoms with Gasteiger partial charge in [0.05, 0.1) is 0 Å². The third kappa shape index (κ3) is 4.88. The lowest BCUT2D eigenvalue weighted by Gasteiger charge is -2.14. The average Bonchev–Trinajstić information content (AvgIpc) is 2.59. The molecule has 130 valence electrons. The molecule has 25 heavy (non-hydrogen) atoms. The molecule has 1 aromatic carbocycles. The first kappa shape index (κ1) is 18.1. The van der Waals surface area contributed by atoms with Gasteiger partial charge in [0.2, 0.25) is 0 Å². The molecule has 0 fully saturated rings. The average molecular weight is 364 g/mol. The number of ether oxygens (including phenoxy) is 1. The number of aromatic nitrogens is 2. The summed E-state index contributed by atoms with van der Waals surface area (Å²) in [5.41, 5.74) is 9.89. The minimum absolute atomic E-state index is 0.116. The van der Waals surface area contributed by atoms with Crippen LogP contribution in [0, 0.1) is 0 Å². The number of hydrazine groups is 1. The van der Waals surface area contributed by atoms with Gasteiger partial charge in [0, 0.05) is 23.0 Å². The van der Waals surface area contributed by atoms with Crippen LogP contribution in [0.15, 0.2) is 36.7 Å². The number of nitrogens with one attached hydrogen (secondary N) is 2. The lowest BCUT2D eigenvalue weighted by atomic mass is 10.2. The van der Waals surface area contributed by atoms with Crippen LogP contribution in [-0.2, 0) is 9.53 Å². The van der Waals surface area contributed by atoms with Crippen molar-refractivity contribution in [2.45, 2.75) is 13.0 Å². The first-order valence-corrected chi connectivity index (χ1v) is 7.39. The molecule has 2 rings (SSSR count). The number of nitrogen functional groups attached to an aromatic ring is 1. The van der Waals surface area contributed by atoms with Crippen LogP contribution in [0.3, 0.4) is 0 Å². The summed E-state index contributed by atoms with van der Waals surface area (Å²) in [6.07, 6.45) is 1.38. The zero-order valence-electron chi connectivity index (χ0n) is 13.0. The molecule has 1 atom stereocenters. The quantitative estimate of drug-likeness (QED) is 0.537. The second-order valence-electron chi connectivity index (χ2n) is 4.79. The zero-order chi connectivity index (χ0) is 18.4. The number of halogens is 1. The number of hydrogen-bond donors (Lipinski definition) is 3. The molecule has 2 aromatic rings. The van der Waals surface area contributed by atoms with Gasteiger partial charge < -0.3 is 10.5 Å². The number of rotatable bonds is 4. The predicted molar refractivity (Wildman–Crippen MR) is 88.4 cm³/mol. The fraction of sp³-hybridized carbons (Fsp3) is 0.133. The highest BCUT2D eigenvalue weighted by Crippen LogP contribution is 2.10. The normalized spacial score (nSPS) is 11.3. The van der Waals surface area contributed by atoms with E-state index in [-0.39, 0.29) is 17.1 Å². The van der Waals surface area contributed by atoms with E-state index in [0.29, 0.717) is 5.02 Å². The summed E-state index contributed by atoms with van der Waals surface area (Å²) in [5, 5.41) is 0.378. The van der Waals surface area contributed by atoms with Crippen molar-refractivity contribution in [3.8, 4) is 0 Å². The number of nitrogens with zero attached hydrogens (tertiary/aromatic N) is 2. The number of anilines is 1. The Kier molecular flexibility index (Phi) is 5.85. The van der Waals surface area contributed by atoms with Gasteiger partial charge in [-0.15, -0.1) is 0 Å². The first-order chi connectivity index (χ1) is 11.9. The van der Waals surface area contributed by atoms with Gasteiger partial charge in [-0.25, -0.2) is 14.8 Å². The molecule has 9 nitrogen and oxygen atoms in total. The fourth-order valence-corrected chi connectivity index (χ4v) is 1.89. The SMILES string of the molecule is CC(OC(=O)c1nccnc1N)C(=O)NNC(=O)c1cccc(Cl)c1. The highest BCUT2D eigenvalue weighted by atomic mass is 35.5. The van der Waals surface area contributed by atoms with E-state index in [9.17, 15) is 14.4 Å². The molecule has 1 heterocycles. The molecule has 1 aromatic heterocycles. The highest BCUT2D eigenvalue weighted by molar-refractivity contribution is 6.30. The molecule has 0 saturated carbocycles. The number of nitrogens with two attached hydrogens (primary N) is 1. The van der Waals surface area contributed by atoms with Crippen molar-refractivity contribution < 1.29 is 19.1 Å². The minimum Gasteiger partial charge on any atom is -0.448 e. The van der Waals surface area contributed by atoms with Gasteiger partial charge in [0.1, 0.15) is 0 Å². The highest BCUT2D eigenvalue weighted by Gasteiger charge is 2.22. The zero-order valence-corrected chi connectivity index (χ0v) is 13.8. The van der Waals surface area contributed by atoms with E-state index in [4.69, 9.17) is 22.1 Å². The monoisotopic (exact) mass is 363 g/mol. The Labute approximate surface area is 147 Å². The molecule has 10 heteroatoms. The van der Waals surface area contributed by atoms with Crippen molar-refractivity contribution in [3.63, 3.8) is 0 Å². The van der Waals surface area contributed by atoms with Gasteiger partial charge in [-0.1, -0.05) is 17.7 Å². The van der Waals surface area contributed by atoms with E-state index < -0.39 is 23.9 Å². The Morgan fingerprint density at radius 2 is 1.92 bits per heavy atom. The number of hydrogen-bond acceptors (Lipinski definition) is 7. The molecule has 0 spiro atoms. The molecule has 0 aliphatic carbocycles. The largest absolute Gasteiger partial charge is 0.448 e. The van der Waals surface area contributed by atoms with Gasteiger partial charge in [0.25, 0.3) is 11.8 Å². The van der Waals surface area contributed by atoms with Gasteiger partial charge in [-0.05, 0) is 25.1 Å². The maximum absolute atomic E-state index is 11.9. The minimum atomic E-state index is -1.20. The van der Waals surface area contributed by atoms with Gasteiger partial charge >= 0.3 is 5.97 Å². The number of carbonyl (C=O) groups is 3. The molecule has 0 radical (unpaired) electrons. The van der Waals surface area contributed by atoms with Crippen molar-refractivity contribution in [1.29, 1.82) is 0 Å². The van der Waals surface area contributed by atoms with Crippen LogP contribution in [0.4, 0.5) is 5.82 Å². The Morgan fingerprint density at radius 1 is 1.20 bits per heavy atom. The molecule has 0 saturated heterocycles. The maximum atomic E-state index is 11.9. The van der Waals surface area contributed by atoms with Gasteiger partial charge in [-0.3, -0.25) is 20.4 Å². The third-order valence-electron chi connectivity index (χ3n) is 2.96. The standard InChI is InChI=1S/C15H14ClN5O4/c1-8(25-15(24)11-12(17)19-6-5-18-11)13(22)20-21-14(23)9-3-2-4-10(16)7-9/h2-8H,1H3,(H2,17,19)(H,20,22)(H,21,23). The summed E-state index contributed by atoms with van der Waals surface area (Å²) < 4.78 is 4.93. The van der Waals surface area contributed by atoms with E-state index in [1.807, 2.05) is 0 Å². The first-order valence-electron chi connectivity index (χ1n) is 7.01. The van der Waals surface area contributed by atoms with Crippen molar-refractivity contribution in [2.24, 2.45) is 0 Å². The molecule has 0 aliphatic rings. The molecular formula is C15H14ClN5O4. The van der Waals surface area contributed by atoms with E-state index in [1.165, 1.54) is 31.5 Å². The molecule has 0 bridgehead atoms. The summed E-state index contributed by atoms with van der Waals surface area (Å²) in [6, 6.07) is 6.16. The van der Waals surface area contributed by atoms with E-state index in [0.717, 1.165) is 0 Å². The van der Waals surface area contributed by atoms with Crippen molar-refractivity contribution in [3.05, 3.63) is 52.9 Å². The van der Waals surface area contributed by atoms with E-state index in [2.05, 4.69) is 20.8 Å². The number of amides is 2. The fourth-order valence-electron chi connectivity index (χ4n) is 1.70. The maximum Gasteiger partial charge on any atom is 0.361 e. The van der Waals surface area contributed by atoms with Crippen LogP contribution in [-0.4, -0.2) is 33.9 Å². The number of esters is 1. The molecular weight excluding hydrogens is 350 g/mol. The van der Waals surface area contributed by atoms with Gasteiger partial charge in [0.15, 0.2) is 17.6 Å². The second-order valence-corrected chi connectivity index (χ2v) is 5.23. The number of carbonyl (C=O) groups excluding carboxylic acids is 3. The smallest absolute Gasteiger partial charge is 0.361 e. The van der Waals surface area contributed by atoms with Crippen molar-refractivity contribution >= 4 is 35.2 Å². The van der Waals surface area contributed by atoms with Crippen LogP contribution in [0.1, 0.15) is 27.8 Å². The summed E-state index contributed by atoms with van der Waals surface area (Å²) in [6.45, 7) is 1.32. The summed E-state index contributed by atoms with van der Waals surface area (Å²) in [7, 11) is 0. The number of benzene rings is 1. The van der Waals surface area contributed by atoms with Crippen LogP contribution < -0.4 is 16.6 Å². The Morgan fingerprint density at radius 3 is 2.60 bits per heavy atom. The van der Waals surface area contributed by atoms with Gasteiger partial charge in [-0.2, -0.15) is 0 Å². The topological polar surface area (TPSA) is 136 Å². The van der Waals surface area contributed by atoms with Crippen molar-refractivity contribution in [2.75, 3.05) is 5.73 Å². The van der Waals surface area contributed by atoms with Crippen LogP contribution in [0.2, 0.25) is 5.02 Å².